The highest BCUT2D eigenvalue weighted by atomic mass is 79.9. The highest BCUT2D eigenvalue weighted by Gasteiger charge is 2.62. The molecule has 104 valence electrons. The molecule has 1 rings (SSSR count). The van der Waals surface area contributed by atoms with Crippen LogP contribution in [0.2, 0.25) is 0 Å². The van der Waals surface area contributed by atoms with Gasteiger partial charge in [0.2, 0.25) is 5.78 Å². The van der Waals surface area contributed by atoms with Crippen molar-refractivity contribution in [3.8, 4) is 0 Å². The molecule has 19 heavy (non-hydrogen) atoms. The van der Waals surface area contributed by atoms with Crippen molar-refractivity contribution in [3.63, 3.8) is 0 Å². The molecule has 0 heterocycles. The van der Waals surface area contributed by atoms with Crippen molar-refractivity contribution in [2.24, 2.45) is 0 Å². The molecule has 0 aromatic heterocycles. The second-order valence-electron chi connectivity index (χ2n) is 3.44. The van der Waals surface area contributed by atoms with E-state index in [0.717, 1.165) is 24.3 Å². The number of carbonyl (C=O) groups excluding carboxylic acids is 1. The van der Waals surface area contributed by atoms with Crippen LogP contribution in [0.1, 0.15) is 5.56 Å². The third-order valence-corrected chi connectivity index (χ3v) is 2.64. The molecular weight excluding hydrogens is 342 g/mol. The summed E-state index contributed by atoms with van der Waals surface area (Å²) in [5.41, 5.74) is 0.0969. The number of ketones is 1. The van der Waals surface area contributed by atoms with Gasteiger partial charge in [-0.3, -0.25) is 4.79 Å². The molecule has 0 atom stereocenters. The SMILES string of the molecule is O=C(C=Cc1ccc(F)c(Br)c1)C(F)(F)C(F)(F)F. The van der Waals surface area contributed by atoms with E-state index in [-0.39, 0.29) is 16.1 Å². The second-order valence-corrected chi connectivity index (χ2v) is 4.30. The van der Waals surface area contributed by atoms with Crippen LogP contribution in [-0.2, 0) is 4.79 Å². The fourth-order valence-electron chi connectivity index (χ4n) is 1.03. The van der Waals surface area contributed by atoms with Crippen LogP contribution in [0.25, 0.3) is 6.08 Å². The predicted octanol–water partition coefficient (Wildman–Crippen LogP) is 4.37. The average Bonchev–Trinajstić information content (AvgIpc) is 2.28. The summed E-state index contributed by atoms with van der Waals surface area (Å²) in [6.07, 6.45) is -5.10. The Hall–Kier alpha value is -1.31. The summed E-state index contributed by atoms with van der Waals surface area (Å²) in [7, 11) is 0. The topological polar surface area (TPSA) is 17.1 Å². The molecule has 0 saturated carbocycles. The fraction of sp³-hybridized carbons (Fsp3) is 0.182. The number of rotatable bonds is 3. The number of alkyl halides is 5. The van der Waals surface area contributed by atoms with Gasteiger partial charge in [-0.25, -0.2) is 4.39 Å². The Kier molecular flexibility index (Phi) is 4.44. The van der Waals surface area contributed by atoms with Crippen molar-refractivity contribution >= 4 is 27.8 Å². The molecule has 0 unspecified atom stereocenters. The summed E-state index contributed by atoms with van der Waals surface area (Å²) in [5.74, 6) is -8.47. The maximum Gasteiger partial charge on any atom is 0.461 e. The first-order chi connectivity index (χ1) is 8.55. The Morgan fingerprint density at radius 3 is 2.21 bits per heavy atom. The summed E-state index contributed by atoms with van der Waals surface area (Å²) in [6.45, 7) is 0. The number of benzene rings is 1. The third-order valence-electron chi connectivity index (χ3n) is 2.04. The van der Waals surface area contributed by atoms with Gasteiger partial charge in [-0.15, -0.1) is 0 Å². The molecule has 0 aliphatic rings. The Morgan fingerprint density at radius 1 is 1.16 bits per heavy atom. The minimum atomic E-state index is -5.95. The van der Waals surface area contributed by atoms with Crippen LogP contribution in [0.4, 0.5) is 26.3 Å². The number of hydrogen-bond donors (Lipinski definition) is 0. The molecular formula is C11H5BrF6O. The van der Waals surface area contributed by atoms with Gasteiger partial charge in [-0.05, 0) is 39.7 Å². The highest BCUT2D eigenvalue weighted by Crippen LogP contribution is 2.36. The van der Waals surface area contributed by atoms with Crippen LogP contribution in [0, 0.1) is 5.82 Å². The number of hydrogen-bond acceptors (Lipinski definition) is 1. The zero-order chi connectivity index (χ0) is 14.8. The zero-order valence-electron chi connectivity index (χ0n) is 8.94. The van der Waals surface area contributed by atoms with E-state index in [1.165, 1.54) is 0 Å². The molecule has 0 amide bonds. The first-order valence-electron chi connectivity index (χ1n) is 4.68. The quantitative estimate of drug-likeness (QED) is 0.586. The molecule has 1 aromatic carbocycles. The van der Waals surface area contributed by atoms with Gasteiger partial charge in [0.15, 0.2) is 0 Å². The van der Waals surface area contributed by atoms with Gasteiger partial charge < -0.3 is 0 Å². The summed E-state index contributed by atoms with van der Waals surface area (Å²) in [5, 5.41) is 0. The maximum atomic E-state index is 12.8. The lowest BCUT2D eigenvalue weighted by atomic mass is 10.1. The summed E-state index contributed by atoms with van der Waals surface area (Å²) in [6, 6.07) is 3.22. The molecule has 0 N–H and O–H groups in total. The molecule has 0 bridgehead atoms. The van der Waals surface area contributed by atoms with Crippen molar-refractivity contribution in [2.75, 3.05) is 0 Å². The first kappa shape index (κ1) is 15.7. The van der Waals surface area contributed by atoms with Crippen LogP contribution < -0.4 is 0 Å². The third kappa shape index (κ3) is 3.59. The average molecular weight is 347 g/mol. The molecule has 0 spiro atoms. The van der Waals surface area contributed by atoms with E-state index < -0.39 is 23.7 Å². The first-order valence-corrected chi connectivity index (χ1v) is 5.47. The van der Waals surface area contributed by atoms with Crippen LogP contribution in [0.5, 0.6) is 0 Å². The second kappa shape index (κ2) is 5.36. The summed E-state index contributed by atoms with van der Waals surface area (Å²) in [4.78, 5) is 10.8. The van der Waals surface area contributed by atoms with E-state index in [2.05, 4.69) is 15.9 Å². The van der Waals surface area contributed by atoms with Gasteiger partial charge in [-0.1, -0.05) is 12.1 Å². The van der Waals surface area contributed by atoms with Gasteiger partial charge in [0.05, 0.1) is 4.47 Å². The molecule has 0 fully saturated rings. The molecule has 0 aliphatic heterocycles. The Labute approximate surface area is 112 Å². The molecule has 0 radical (unpaired) electrons. The van der Waals surface area contributed by atoms with E-state index in [4.69, 9.17) is 0 Å². The van der Waals surface area contributed by atoms with Crippen LogP contribution in [-0.4, -0.2) is 17.9 Å². The minimum absolute atomic E-state index is 0.00956. The fourth-order valence-corrected chi connectivity index (χ4v) is 1.43. The van der Waals surface area contributed by atoms with Gasteiger partial charge in [0.25, 0.3) is 0 Å². The molecule has 1 nitrogen and oxygen atoms in total. The predicted molar refractivity (Wildman–Crippen MR) is 59.1 cm³/mol. The van der Waals surface area contributed by atoms with E-state index in [0.29, 0.717) is 0 Å². The Balaban J connectivity index is 2.93. The normalized spacial score (nSPS) is 13.0. The smallest absolute Gasteiger partial charge is 0.288 e. The van der Waals surface area contributed by atoms with E-state index in [1.54, 1.807) is 0 Å². The summed E-state index contributed by atoms with van der Waals surface area (Å²) < 4.78 is 73.6. The van der Waals surface area contributed by atoms with Crippen LogP contribution >= 0.6 is 15.9 Å². The molecule has 8 heteroatoms. The molecule has 1 aromatic rings. The summed E-state index contributed by atoms with van der Waals surface area (Å²) >= 11 is 2.80. The van der Waals surface area contributed by atoms with Crippen molar-refractivity contribution in [3.05, 3.63) is 40.1 Å². The lowest BCUT2D eigenvalue weighted by Crippen LogP contribution is -2.43. The van der Waals surface area contributed by atoms with Gasteiger partial charge >= 0.3 is 12.1 Å². The van der Waals surface area contributed by atoms with Crippen molar-refractivity contribution in [2.45, 2.75) is 12.1 Å². The van der Waals surface area contributed by atoms with E-state index in [1.807, 2.05) is 0 Å². The highest BCUT2D eigenvalue weighted by molar-refractivity contribution is 9.10. The van der Waals surface area contributed by atoms with Crippen LogP contribution in [0.15, 0.2) is 28.7 Å². The van der Waals surface area contributed by atoms with Gasteiger partial charge in [-0.2, -0.15) is 22.0 Å². The monoisotopic (exact) mass is 346 g/mol. The van der Waals surface area contributed by atoms with Crippen molar-refractivity contribution < 1.29 is 31.1 Å². The maximum absolute atomic E-state index is 12.8. The van der Waals surface area contributed by atoms with E-state index in [9.17, 15) is 31.1 Å². The molecule has 0 saturated heterocycles. The van der Waals surface area contributed by atoms with E-state index >= 15 is 0 Å². The standard InChI is InChI=1S/C11H5BrF6O/c12-7-5-6(1-3-8(7)13)2-4-9(19)10(14,15)11(16,17)18/h1-5H. The Morgan fingerprint density at radius 2 is 1.74 bits per heavy atom. The lowest BCUT2D eigenvalue weighted by molar-refractivity contribution is -0.266. The van der Waals surface area contributed by atoms with Crippen LogP contribution in [0.3, 0.4) is 0 Å². The zero-order valence-corrected chi connectivity index (χ0v) is 10.5. The molecule has 0 aliphatic carbocycles. The number of carbonyl (C=O) groups is 1. The Bertz CT molecular complexity index is 520. The number of halogens is 7. The van der Waals surface area contributed by atoms with Crippen molar-refractivity contribution in [1.82, 2.24) is 0 Å². The van der Waals surface area contributed by atoms with Gasteiger partial charge in [0.1, 0.15) is 5.82 Å². The largest absolute Gasteiger partial charge is 0.461 e. The van der Waals surface area contributed by atoms with Crippen molar-refractivity contribution in [1.29, 1.82) is 0 Å². The lowest BCUT2D eigenvalue weighted by Gasteiger charge is -2.15. The van der Waals surface area contributed by atoms with Gasteiger partial charge in [0, 0.05) is 0 Å². The minimum Gasteiger partial charge on any atom is -0.288 e. The number of allylic oxidation sites excluding steroid dienone is 1.